The fourth-order valence-electron chi connectivity index (χ4n) is 1.42. The van der Waals surface area contributed by atoms with Crippen LogP contribution >= 0.6 is 11.6 Å². The van der Waals surface area contributed by atoms with Crippen LogP contribution in [-0.2, 0) is 10.1 Å². The van der Waals surface area contributed by atoms with Gasteiger partial charge in [-0.1, -0.05) is 41.9 Å². The minimum Gasteiger partial charge on any atom is -0.741 e. The predicted octanol–water partition coefficient (Wildman–Crippen LogP) is 1.63. The summed E-state index contributed by atoms with van der Waals surface area (Å²) in [6.07, 6.45) is 2.18. The highest BCUT2D eigenvalue weighted by Crippen LogP contribution is 2.20. The van der Waals surface area contributed by atoms with Gasteiger partial charge in [0.05, 0.1) is 0 Å². The molecule has 0 bridgehead atoms. The van der Waals surface area contributed by atoms with Crippen molar-refractivity contribution in [2.75, 3.05) is 0 Å². The maximum absolute atomic E-state index is 10.7. The molecule has 25 heavy (non-hydrogen) atoms. The largest absolute Gasteiger partial charge is 0.741 e. The molecule has 0 aliphatic rings. The van der Waals surface area contributed by atoms with Gasteiger partial charge in [-0.2, -0.15) is 13.2 Å². The Morgan fingerprint density at radius 2 is 1.60 bits per heavy atom. The summed E-state index contributed by atoms with van der Waals surface area (Å²) in [5.74, 6) is 0. The van der Waals surface area contributed by atoms with Crippen molar-refractivity contribution in [3.05, 3.63) is 72.3 Å². The lowest BCUT2D eigenvalue weighted by Gasteiger charge is -2.08. The molecule has 0 saturated heterocycles. The van der Waals surface area contributed by atoms with Crippen molar-refractivity contribution < 1.29 is 47.3 Å². The van der Waals surface area contributed by atoms with Crippen molar-refractivity contribution in [2.45, 2.75) is 12.4 Å². The molecule has 2 aromatic carbocycles. The molecule has 9 heteroatoms. The highest BCUT2D eigenvalue weighted by atomic mass is 127. The summed E-state index contributed by atoms with van der Waals surface area (Å²) in [6, 6.07) is 16.5. The Morgan fingerprint density at radius 3 is 2.08 bits per heavy atom. The first-order chi connectivity index (χ1) is 11.5. The lowest BCUT2D eigenvalue weighted by molar-refractivity contribution is -0.556. The lowest BCUT2D eigenvalue weighted by Crippen LogP contribution is -3.59. The summed E-state index contributed by atoms with van der Waals surface area (Å²) in [7, 11) is -6.09. The van der Waals surface area contributed by atoms with Gasteiger partial charge in [-0.3, -0.25) is 0 Å². The zero-order chi connectivity index (χ0) is 19.1. The third-order valence-electron chi connectivity index (χ3n) is 2.67. The second kappa shape index (κ2) is 9.56. The molecule has 3 nitrogen and oxygen atoms in total. The van der Waals surface area contributed by atoms with Crippen LogP contribution in [0, 0.1) is 10.5 Å². The molecule has 0 N–H and O–H groups in total. The van der Waals surface area contributed by atoms with Crippen molar-refractivity contribution in [1.29, 1.82) is 0 Å². The van der Waals surface area contributed by atoms with Crippen LogP contribution in [0.1, 0.15) is 11.1 Å². The van der Waals surface area contributed by atoms with Crippen LogP contribution in [0.25, 0.3) is 6.08 Å². The molecule has 0 unspecified atom stereocenters. The third kappa shape index (κ3) is 8.21. The molecule has 0 saturated carbocycles. The first-order valence-electron chi connectivity index (χ1n) is 6.64. The molecule has 0 aliphatic heterocycles. The van der Waals surface area contributed by atoms with E-state index in [2.05, 4.69) is 41.3 Å². The predicted molar refractivity (Wildman–Crippen MR) is 86.1 cm³/mol. The lowest BCUT2D eigenvalue weighted by atomic mass is 10.2. The maximum atomic E-state index is 10.7. The smallest absolute Gasteiger partial charge is 0.485 e. The van der Waals surface area contributed by atoms with Gasteiger partial charge in [0, 0.05) is 10.6 Å². The van der Waals surface area contributed by atoms with E-state index in [9.17, 15) is 13.2 Å². The van der Waals surface area contributed by atoms with Crippen molar-refractivity contribution in [2.24, 2.45) is 0 Å². The minimum atomic E-state index is -6.09. The molecule has 0 heterocycles. The van der Waals surface area contributed by atoms with Gasteiger partial charge < -0.3 is 4.55 Å². The van der Waals surface area contributed by atoms with E-state index in [-0.39, 0.29) is 21.2 Å². The first kappa shape index (κ1) is 21.9. The van der Waals surface area contributed by atoms with Crippen LogP contribution in [0.4, 0.5) is 13.2 Å². The second-order valence-corrected chi connectivity index (χ2v) is 8.91. The number of benzene rings is 2. The van der Waals surface area contributed by atoms with Gasteiger partial charge in [-0.25, -0.2) is 8.42 Å². The molecular formula is C16H13ClF3IO3S. The van der Waals surface area contributed by atoms with Gasteiger partial charge in [0.1, 0.15) is 0 Å². The summed E-state index contributed by atoms with van der Waals surface area (Å²) >= 11 is 5.80. The van der Waals surface area contributed by atoms with Crippen molar-refractivity contribution in [1.82, 2.24) is 0 Å². The second-order valence-electron chi connectivity index (χ2n) is 4.60. The summed E-state index contributed by atoms with van der Waals surface area (Å²) in [4.78, 5) is 0. The fraction of sp³-hybridized carbons (Fsp3) is 0.125. The Morgan fingerprint density at radius 1 is 1.08 bits per heavy atom. The average Bonchev–Trinajstić information content (AvgIpc) is 2.50. The zero-order valence-corrected chi connectivity index (χ0v) is 16.5. The standard InChI is InChI=1S/C15H13ClI.CHF3O3S/c1-12-4-2-3-5-15(12)17-11-10-13-6-8-14(16)9-7-13;2-1(3,4)8(5,6)7/h2-11H,1H3;(H,5,6,7)/q+1;/p-1/b11-10+;. The molecular weight excluding hydrogens is 492 g/mol. The van der Waals surface area contributed by atoms with Crippen LogP contribution in [0.5, 0.6) is 0 Å². The normalized spacial score (nSPS) is 11.9. The Bertz CT molecular complexity index is 819. The van der Waals surface area contributed by atoms with E-state index >= 15 is 0 Å². The highest BCUT2D eigenvalue weighted by Gasteiger charge is 2.36. The summed E-state index contributed by atoms with van der Waals surface area (Å²) < 4.78 is 62.7. The Balaban J connectivity index is 0.000000333. The van der Waals surface area contributed by atoms with Gasteiger partial charge in [0.15, 0.2) is 17.8 Å². The van der Waals surface area contributed by atoms with E-state index in [1.807, 2.05) is 24.3 Å². The molecule has 0 fully saturated rings. The quantitative estimate of drug-likeness (QED) is 0.363. The summed E-state index contributed by atoms with van der Waals surface area (Å²) in [5.41, 5.74) is -3.05. The molecule has 0 spiro atoms. The van der Waals surface area contributed by atoms with Crippen molar-refractivity contribution >= 4 is 27.8 Å². The monoisotopic (exact) mass is 504 g/mol. The van der Waals surface area contributed by atoms with E-state index in [1.54, 1.807) is 0 Å². The van der Waals surface area contributed by atoms with E-state index in [0.717, 1.165) is 5.02 Å². The van der Waals surface area contributed by atoms with E-state index in [4.69, 9.17) is 24.6 Å². The SMILES string of the molecule is Cc1ccccc1[I+]/C=C/c1ccc(Cl)cc1.O=S(=O)([O-])C(F)(F)F. The molecule has 0 atom stereocenters. The first-order valence-corrected chi connectivity index (χ1v) is 10.7. The van der Waals surface area contributed by atoms with Crippen LogP contribution < -0.4 is 21.2 Å². The van der Waals surface area contributed by atoms with Crippen LogP contribution in [0.3, 0.4) is 0 Å². The number of alkyl halides is 3. The molecule has 0 amide bonds. The van der Waals surface area contributed by atoms with Gasteiger partial charge in [0.25, 0.3) is 0 Å². The number of halogens is 5. The summed E-state index contributed by atoms with van der Waals surface area (Å²) in [5, 5.41) is 0.788. The average molecular weight is 505 g/mol. The van der Waals surface area contributed by atoms with Gasteiger partial charge in [-0.15, -0.1) is 0 Å². The molecule has 0 radical (unpaired) electrons. The molecule has 2 aromatic rings. The zero-order valence-electron chi connectivity index (χ0n) is 12.8. The Hall–Kier alpha value is -1.10. The Kier molecular flexibility index (Phi) is 8.39. The number of rotatable bonds is 3. The molecule has 0 aromatic heterocycles. The van der Waals surface area contributed by atoms with Crippen molar-refractivity contribution in [3.63, 3.8) is 0 Å². The Labute approximate surface area is 159 Å². The third-order valence-corrected chi connectivity index (χ3v) is 6.09. The van der Waals surface area contributed by atoms with Gasteiger partial charge >= 0.3 is 26.7 Å². The molecule has 2 rings (SSSR count). The fourth-order valence-corrected chi connectivity index (χ4v) is 3.61. The van der Waals surface area contributed by atoms with Crippen LogP contribution in [0.15, 0.2) is 52.6 Å². The van der Waals surface area contributed by atoms with Crippen molar-refractivity contribution in [3.8, 4) is 0 Å². The molecule has 136 valence electrons. The van der Waals surface area contributed by atoms with E-state index < -0.39 is 15.6 Å². The van der Waals surface area contributed by atoms with Crippen LogP contribution in [0.2, 0.25) is 5.02 Å². The summed E-state index contributed by atoms with van der Waals surface area (Å²) in [6.45, 7) is 2.17. The number of hydrogen-bond acceptors (Lipinski definition) is 3. The van der Waals surface area contributed by atoms with E-state index in [0.29, 0.717) is 0 Å². The van der Waals surface area contributed by atoms with E-state index in [1.165, 1.54) is 14.7 Å². The minimum absolute atomic E-state index is 0.0422. The number of aryl methyl sites for hydroxylation is 1. The molecule has 0 aliphatic carbocycles. The van der Waals surface area contributed by atoms with Gasteiger partial charge in [0.2, 0.25) is 0 Å². The van der Waals surface area contributed by atoms with Gasteiger partial charge in [-0.05, 0) is 36.8 Å². The van der Waals surface area contributed by atoms with Crippen LogP contribution in [-0.4, -0.2) is 18.5 Å². The topological polar surface area (TPSA) is 57.2 Å². The maximum Gasteiger partial charge on any atom is 0.485 e. The number of hydrogen-bond donors (Lipinski definition) is 0. The highest BCUT2D eigenvalue weighted by molar-refractivity contribution is 7.86.